The minimum atomic E-state index is -4.69. The summed E-state index contributed by atoms with van der Waals surface area (Å²) in [6.45, 7) is 0.387. The van der Waals surface area contributed by atoms with E-state index in [4.69, 9.17) is 0 Å². The van der Waals surface area contributed by atoms with Gasteiger partial charge in [-0.05, 0) is 18.2 Å². The maximum atomic E-state index is 12.1. The molecule has 0 unspecified atom stereocenters. The van der Waals surface area contributed by atoms with E-state index in [-0.39, 0.29) is 5.75 Å². The molecule has 0 spiro atoms. The van der Waals surface area contributed by atoms with Gasteiger partial charge in [-0.1, -0.05) is 6.07 Å². The van der Waals surface area contributed by atoms with Crippen molar-refractivity contribution in [3.05, 3.63) is 48.5 Å². The molecule has 0 aliphatic rings. The van der Waals surface area contributed by atoms with E-state index in [2.05, 4.69) is 20.0 Å². The molecule has 2 rings (SSSR count). The van der Waals surface area contributed by atoms with Crippen LogP contribution >= 0.6 is 0 Å². The van der Waals surface area contributed by atoms with Crippen molar-refractivity contribution in [1.82, 2.24) is 9.97 Å². The molecule has 0 fully saturated rings. The lowest BCUT2D eigenvalue weighted by molar-refractivity contribution is -0.274. The van der Waals surface area contributed by atoms with E-state index in [1.54, 1.807) is 18.3 Å². The Morgan fingerprint density at radius 3 is 2.74 bits per heavy atom. The first-order valence-electron chi connectivity index (χ1n) is 5.37. The zero-order valence-corrected chi connectivity index (χ0v) is 9.69. The lowest BCUT2D eigenvalue weighted by Crippen LogP contribution is -2.17. The van der Waals surface area contributed by atoms with Gasteiger partial charge in [0.2, 0.25) is 0 Å². The SMILES string of the molecule is FC(F)(F)Oc1cccc(NCc2ccncn2)c1. The molecule has 0 bridgehead atoms. The van der Waals surface area contributed by atoms with Crippen LogP contribution in [0.25, 0.3) is 0 Å². The lowest BCUT2D eigenvalue weighted by atomic mass is 10.3. The molecule has 0 amide bonds. The zero-order chi connectivity index (χ0) is 13.7. The molecule has 0 aliphatic heterocycles. The standard InChI is InChI=1S/C12H10F3N3O/c13-12(14,15)19-11-3-1-2-9(6-11)17-7-10-4-5-16-8-18-10/h1-6,8,17H,7H2. The van der Waals surface area contributed by atoms with Gasteiger partial charge in [-0.3, -0.25) is 0 Å². The van der Waals surface area contributed by atoms with Crippen LogP contribution in [0.4, 0.5) is 18.9 Å². The summed E-state index contributed by atoms with van der Waals surface area (Å²) in [5, 5.41) is 2.95. The average molecular weight is 269 g/mol. The number of ether oxygens (including phenoxy) is 1. The number of anilines is 1. The molecule has 0 radical (unpaired) electrons. The van der Waals surface area contributed by atoms with Crippen LogP contribution < -0.4 is 10.1 Å². The highest BCUT2D eigenvalue weighted by molar-refractivity contribution is 5.48. The molecule has 7 heteroatoms. The Balaban J connectivity index is 1.99. The van der Waals surface area contributed by atoms with E-state index in [0.717, 1.165) is 5.69 Å². The second-order valence-electron chi connectivity index (χ2n) is 3.63. The van der Waals surface area contributed by atoms with Crippen molar-refractivity contribution in [3.8, 4) is 5.75 Å². The molecule has 19 heavy (non-hydrogen) atoms. The molecule has 4 nitrogen and oxygen atoms in total. The van der Waals surface area contributed by atoms with Gasteiger partial charge in [-0.15, -0.1) is 13.2 Å². The first-order valence-corrected chi connectivity index (χ1v) is 5.37. The topological polar surface area (TPSA) is 47.0 Å². The highest BCUT2D eigenvalue weighted by Crippen LogP contribution is 2.25. The van der Waals surface area contributed by atoms with Gasteiger partial charge in [0.25, 0.3) is 0 Å². The summed E-state index contributed by atoms with van der Waals surface area (Å²) in [5.74, 6) is -0.264. The summed E-state index contributed by atoms with van der Waals surface area (Å²) in [6.07, 6.45) is -1.70. The van der Waals surface area contributed by atoms with Crippen LogP contribution in [0.3, 0.4) is 0 Å². The molecule has 1 aromatic carbocycles. The van der Waals surface area contributed by atoms with Gasteiger partial charge < -0.3 is 10.1 Å². The number of nitrogens with zero attached hydrogens (tertiary/aromatic N) is 2. The van der Waals surface area contributed by atoms with E-state index >= 15 is 0 Å². The number of hydrogen-bond donors (Lipinski definition) is 1. The Morgan fingerprint density at radius 2 is 2.05 bits per heavy atom. The van der Waals surface area contributed by atoms with Gasteiger partial charge in [0, 0.05) is 18.0 Å². The Hall–Kier alpha value is -2.31. The number of halogens is 3. The molecule has 100 valence electrons. The van der Waals surface area contributed by atoms with Crippen molar-refractivity contribution in [2.45, 2.75) is 12.9 Å². The summed E-state index contributed by atoms with van der Waals surface area (Å²) < 4.78 is 40.0. The van der Waals surface area contributed by atoms with Gasteiger partial charge in [0.05, 0.1) is 12.2 Å². The Morgan fingerprint density at radius 1 is 1.21 bits per heavy atom. The van der Waals surface area contributed by atoms with Crippen molar-refractivity contribution in [2.75, 3.05) is 5.32 Å². The van der Waals surface area contributed by atoms with Crippen LogP contribution in [0.2, 0.25) is 0 Å². The zero-order valence-electron chi connectivity index (χ0n) is 9.69. The highest BCUT2D eigenvalue weighted by atomic mass is 19.4. The number of hydrogen-bond acceptors (Lipinski definition) is 4. The van der Waals surface area contributed by atoms with Crippen LogP contribution in [-0.4, -0.2) is 16.3 Å². The molecule has 0 saturated heterocycles. The van der Waals surface area contributed by atoms with Gasteiger partial charge in [-0.25, -0.2) is 9.97 Å². The molecule has 2 aromatic rings. The van der Waals surface area contributed by atoms with Gasteiger partial charge in [0.15, 0.2) is 0 Å². The van der Waals surface area contributed by atoms with Crippen molar-refractivity contribution in [2.24, 2.45) is 0 Å². The van der Waals surface area contributed by atoms with E-state index in [0.29, 0.717) is 12.2 Å². The highest BCUT2D eigenvalue weighted by Gasteiger charge is 2.31. The first kappa shape index (κ1) is 13.1. The first-order chi connectivity index (χ1) is 9.03. The normalized spacial score (nSPS) is 11.1. The lowest BCUT2D eigenvalue weighted by Gasteiger charge is -2.11. The van der Waals surface area contributed by atoms with E-state index in [1.165, 1.54) is 24.5 Å². The van der Waals surface area contributed by atoms with Gasteiger partial charge in [0.1, 0.15) is 12.1 Å². The number of nitrogens with one attached hydrogen (secondary N) is 1. The maximum Gasteiger partial charge on any atom is 0.573 e. The van der Waals surface area contributed by atoms with Crippen LogP contribution in [0.15, 0.2) is 42.9 Å². The van der Waals surface area contributed by atoms with E-state index in [9.17, 15) is 13.2 Å². The van der Waals surface area contributed by atoms with Crippen LogP contribution in [0.5, 0.6) is 5.75 Å². The fourth-order valence-corrected chi connectivity index (χ4v) is 1.42. The van der Waals surface area contributed by atoms with Crippen LogP contribution in [0, 0.1) is 0 Å². The minimum Gasteiger partial charge on any atom is -0.406 e. The van der Waals surface area contributed by atoms with Crippen molar-refractivity contribution in [3.63, 3.8) is 0 Å². The van der Waals surface area contributed by atoms with Crippen molar-refractivity contribution >= 4 is 5.69 Å². The fourth-order valence-electron chi connectivity index (χ4n) is 1.42. The number of benzene rings is 1. The van der Waals surface area contributed by atoms with E-state index in [1.807, 2.05) is 0 Å². The smallest absolute Gasteiger partial charge is 0.406 e. The number of rotatable bonds is 4. The molecule has 0 atom stereocenters. The Bertz CT molecular complexity index is 531. The average Bonchev–Trinajstić information content (AvgIpc) is 2.36. The Kier molecular flexibility index (Phi) is 3.84. The largest absolute Gasteiger partial charge is 0.573 e. The Labute approximate surface area is 107 Å². The number of aromatic nitrogens is 2. The maximum absolute atomic E-state index is 12.1. The fraction of sp³-hybridized carbons (Fsp3) is 0.167. The summed E-state index contributed by atoms with van der Waals surface area (Å²) >= 11 is 0. The second-order valence-corrected chi connectivity index (χ2v) is 3.63. The molecule has 0 saturated carbocycles. The molecular weight excluding hydrogens is 259 g/mol. The molecule has 1 heterocycles. The van der Waals surface area contributed by atoms with Gasteiger partial charge in [-0.2, -0.15) is 0 Å². The third-order valence-electron chi connectivity index (χ3n) is 2.18. The monoisotopic (exact) mass is 269 g/mol. The second kappa shape index (κ2) is 5.55. The molecule has 1 N–H and O–H groups in total. The number of alkyl halides is 3. The summed E-state index contributed by atoms with van der Waals surface area (Å²) in [6, 6.07) is 7.34. The van der Waals surface area contributed by atoms with Crippen molar-refractivity contribution in [1.29, 1.82) is 0 Å². The van der Waals surface area contributed by atoms with Crippen molar-refractivity contribution < 1.29 is 17.9 Å². The third kappa shape index (κ3) is 4.46. The molecule has 1 aromatic heterocycles. The quantitative estimate of drug-likeness (QED) is 0.926. The predicted octanol–water partition coefficient (Wildman–Crippen LogP) is 2.99. The molecular formula is C12H10F3N3O. The van der Waals surface area contributed by atoms with Crippen LogP contribution in [0.1, 0.15) is 5.69 Å². The third-order valence-corrected chi connectivity index (χ3v) is 2.18. The summed E-state index contributed by atoms with van der Waals surface area (Å²) in [4.78, 5) is 7.76. The summed E-state index contributed by atoms with van der Waals surface area (Å²) in [5.41, 5.74) is 1.25. The minimum absolute atomic E-state index is 0.264. The van der Waals surface area contributed by atoms with E-state index < -0.39 is 6.36 Å². The summed E-state index contributed by atoms with van der Waals surface area (Å²) in [7, 11) is 0. The van der Waals surface area contributed by atoms with Crippen LogP contribution in [-0.2, 0) is 6.54 Å². The van der Waals surface area contributed by atoms with Gasteiger partial charge >= 0.3 is 6.36 Å². The molecule has 0 aliphatic carbocycles. The predicted molar refractivity (Wildman–Crippen MR) is 62.5 cm³/mol.